The fourth-order valence-corrected chi connectivity index (χ4v) is 3.87. The van der Waals surface area contributed by atoms with E-state index < -0.39 is 10.2 Å². The van der Waals surface area contributed by atoms with Gasteiger partial charge in [0.05, 0.1) is 11.2 Å². The van der Waals surface area contributed by atoms with Crippen LogP contribution in [-0.4, -0.2) is 33.0 Å². The molecule has 0 aliphatic carbocycles. The summed E-state index contributed by atoms with van der Waals surface area (Å²) in [5.41, 5.74) is 1.77. The molecule has 0 amide bonds. The van der Waals surface area contributed by atoms with E-state index in [4.69, 9.17) is 5.14 Å². The fraction of sp³-hybridized carbons (Fsp3) is 0.471. The first-order chi connectivity index (χ1) is 11.8. The maximum atomic E-state index is 12.0. The topological polar surface area (TPSA) is 108 Å². The Morgan fingerprint density at radius 3 is 2.64 bits per heavy atom. The standard InChI is InChI=1S/C17H24N4O3S/c1-17(6-9-19-25(18,23)24)7-10-21(11-8-17)15-12-16(22)20-14-5-3-2-4-13(14)15/h2-5,12,19H,6-11H2,1H3,(H,20,22)(H2,18,23,24). The van der Waals surface area contributed by atoms with E-state index in [1.165, 1.54) is 0 Å². The van der Waals surface area contributed by atoms with Gasteiger partial charge in [-0.05, 0) is 30.7 Å². The molecule has 1 fully saturated rings. The molecule has 0 saturated carbocycles. The van der Waals surface area contributed by atoms with E-state index in [0.29, 0.717) is 6.54 Å². The molecule has 0 unspecified atom stereocenters. The summed E-state index contributed by atoms with van der Waals surface area (Å²) in [6.45, 7) is 4.19. The number of pyridine rings is 1. The summed E-state index contributed by atoms with van der Waals surface area (Å²) in [7, 11) is -3.63. The van der Waals surface area contributed by atoms with Gasteiger partial charge in [-0.25, -0.2) is 9.86 Å². The van der Waals surface area contributed by atoms with Crippen molar-refractivity contribution in [1.29, 1.82) is 0 Å². The Kier molecular flexibility index (Phi) is 4.86. The largest absolute Gasteiger partial charge is 0.371 e. The highest BCUT2D eigenvalue weighted by atomic mass is 32.2. The van der Waals surface area contributed by atoms with Crippen molar-refractivity contribution in [1.82, 2.24) is 9.71 Å². The van der Waals surface area contributed by atoms with Crippen LogP contribution in [0.25, 0.3) is 10.9 Å². The Labute approximate surface area is 147 Å². The molecular formula is C17H24N4O3S. The Hall–Kier alpha value is -1.90. The molecule has 1 aromatic carbocycles. The van der Waals surface area contributed by atoms with Crippen LogP contribution in [0.3, 0.4) is 0 Å². The molecule has 2 heterocycles. The summed E-state index contributed by atoms with van der Waals surface area (Å²) in [5.74, 6) is 0. The summed E-state index contributed by atoms with van der Waals surface area (Å²) in [6.07, 6.45) is 2.61. The van der Waals surface area contributed by atoms with Gasteiger partial charge in [0.25, 0.3) is 10.2 Å². The number of piperidine rings is 1. The quantitative estimate of drug-likeness (QED) is 0.743. The van der Waals surface area contributed by atoms with Crippen molar-refractivity contribution in [3.63, 3.8) is 0 Å². The summed E-state index contributed by atoms with van der Waals surface area (Å²) in [4.78, 5) is 17.1. The number of anilines is 1. The lowest BCUT2D eigenvalue weighted by Crippen LogP contribution is -2.41. The molecule has 2 aromatic rings. The minimum absolute atomic E-state index is 0.0607. The second-order valence-electron chi connectivity index (χ2n) is 7.05. The van der Waals surface area contributed by atoms with Crippen LogP contribution in [0.5, 0.6) is 0 Å². The number of nitrogens with one attached hydrogen (secondary N) is 2. The molecule has 8 heteroatoms. The van der Waals surface area contributed by atoms with E-state index in [-0.39, 0.29) is 11.0 Å². The van der Waals surface area contributed by atoms with Crippen molar-refractivity contribution in [3.8, 4) is 0 Å². The zero-order valence-electron chi connectivity index (χ0n) is 14.3. The number of aromatic nitrogens is 1. The number of hydrogen-bond donors (Lipinski definition) is 3. The first kappa shape index (κ1) is 17.9. The zero-order valence-corrected chi connectivity index (χ0v) is 15.1. The maximum Gasteiger partial charge on any atom is 0.274 e. The van der Waals surface area contributed by atoms with Gasteiger partial charge in [-0.15, -0.1) is 0 Å². The Bertz CT molecular complexity index is 915. The molecule has 4 N–H and O–H groups in total. The van der Waals surface area contributed by atoms with Crippen LogP contribution in [-0.2, 0) is 10.2 Å². The van der Waals surface area contributed by atoms with Crippen LogP contribution in [0.4, 0.5) is 5.69 Å². The zero-order chi connectivity index (χ0) is 18.1. The van der Waals surface area contributed by atoms with Crippen LogP contribution in [0, 0.1) is 5.41 Å². The molecule has 7 nitrogen and oxygen atoms in total. The number of nitrogens with two attached hydrogens (primary N) is 1. The summed E-state index contributed by atoms with van der Waals surface area (Å²) in [6, 6.07) is 9.47. The lowest BCUT2D eigenvalue weighted by Gasteiger charge is -2.40. The highest BCUT2D eigenvalue weighted by molar-refractivity contribution is 7.87. The van der Waals surface area contributed by atoms with Crippen molar-refractivity contribution in [2.45, 2.75) is 26.2 Å². The SMILES string of the molecule is CC1(CCNS(N)(=O)=O)CCN(c2cc(=O)[nH]c3ccccc23)CC1. The molecule has 0 radical (unpaired) electrons. The van der Waals surface area contributed by atoms with Crippen LogP contribution in [0.2, 0.25) is 0 Å². The minimum Gasteiger partial charge on any atom is -0.371 e. The average molecular weight is 364 g/mol. The minimum atomic E-state index is -3.63. The lowest BCUT2D eigenvalue weighted by molar-refractivity contribution is 0.230. The molecule has 1 aromatic heterocycles. The van der Waals surface area contributed by atoms with Crippen molar-refractivity contribution in [3.05, 3.63) is 40.7 Å². The number of rotatable bonds is 5. The van der Waals surface area contributed by atoms with E-state index in [9.17, 15) is 13.2 Å². The van der Waals surface area contributed by atoms with Gasteiger partial charge in [-0.3, -0.25) is 4.79 Å². The second-order valence-corrected chi connectivity index (χ2v) is 8.43. The van der Waals surface area contributed by atoms with Crippen LogP contribution >= 0.6 is 0 Å². The third-order valence-electron chi connectivity index (χ3n) is 5.07. The number of aromatic amines is 1. The first-order valence-corrected chi connectivity index (χ1v) is 9.95. The Balaban J connectivity index is 1.71. The van der Waals surface area contributed by atoms with E-state index >= 15 is 0 Å². The summed E-state index contributed by atoms with van der Waals surface area (Å²) in [5, 5.41) is 6.02. The predicted octanol–water partition coefficient (Wildman–Crippen LogP) is 1.32. The van der Waals surface area contributed by atoms with Crippen LogP contribution in [0.15, 0.2) is 35.1 Å². The molecule has 0 atom stereocenters. The fourth-order valence-electron chi connectivity index (χ4n) is 3.48. The van der Waals surface area contributed by atoms with Crippen molar-refractivity contribution in [2.75, 3.05) is 24.5 Å². The lowest BCUT2D eigenvalue weighted by atomic mass is 9.77. The van der Waals surface area contributed by atoms with Crippen molar-refractivity contribution in [2.24, 2.45) is 10.6 Å². The Morgan fingerprint density at radius 2 is 1.96 bits per heavy atom. The highest BCUT2D eigenvalue weighted by Gasteiger charge is 2.30. The van der Waals surface area contributed by atoms with Gasteiger partial charge < -0.3 is 9.88 Å². The predicted molar refractivity (Wildman–Crippen MR) is 99.8 cm³/mol. The molecule has 0 bridgehead atoms. The van der Waals surface area contributed by atoms with Crippen molar-refractivity contribution >= 4 is 26.8 Å². The third kappa shape index (κ3) is 4.39. The number of nitrogens with zero attached hydrogens (tertiary/aromatic N) is 1. The molecule has 0 spiro atoms. The number of hydrogen-bond acceptors (Lipinski definition) is 4. The van der Waals surface area contributed by atoms with Gasteiger partial charge in [0.2, 0.25) is 5.56 Å². The van der Waals surface area contributed by atoms with E-state index in [0.717, 1.165) is 48.9 Å². The summed E-state index contributed by atoms with van der Waals surface area (Å²) < 4.78 is 24.4. The molecule has 1 saturated heterocycles. The Morgan fingerprint density at radius 1 is 1.28 bits per heavy atom. The number of para-hydroxylation sites is 1. The van der Waals surface area contributed by atoms with Gasteiger partial charge in [-0.1, -0.05) is 25.1 Å². The molecule has 1 aliphatic rings. The van der Waals surface area contributed by atoms with Crippen LogP contribution in [0.1, 0.15) is 26.2 Å². The smallest absolute Gasteiger partial charge is 0.274 e. The van der Waals surface area contributed by atoms with Gasteiger partial charge in [-0.2, -0.15) is 8.42 Å². The van der Waals surface area contributed by atoms with Gasteiger partial charge in [0.1, 0.15) is 0 Å². The molecule has 136 valence electrons. The van der Waals surface area contributed by atoms with E-state index in [1.54, 1.807) is 6.07 Å². The third-order valence-corrected chi connectivity index (χ3v) is 5.68. The molecular weight excluding hydrogens is 340 g/mol. The van der Waals surface area contributed by atoms with E-state index in [1.807, 2.05) is 24.3 Å². The van der Waals surface area contributed by atoms with Gasteiger partial charge in [0.15, 0.2) is 0 Å². The van der Waals surface area contributed by atoms with E-state index in [2.05, 4.69) is 21.5 Å². The maximum absolute atomic E-state index is 12.0. The molecule has 3 rings (SSSR count). The van der Waals surface area contributed by atoms with Gasteiger partial charge in [0, 0.05) is 31.1 Å². The summed E-state index contributed by atoms with van der Waals surface area (Å²) >= 11 is 0. The second kappa shape index (κ2) is 6.78. The average Bonchev–Trinajstić information content (AvgIpc) is 2.53. The van der Waals surface area contributed by atoms with Gasteiger partial charge >= 0.3 is 0 Å². The van der Waals surface area contributed by atoms with Crippen molar-refractivity contribution < 1.29 is 8.42 Å². The number of fused-ring (bicyclic) bond motifs is 1. The first-order valence-electron chi connectivity index (χ1n) is 8.40. The monoisotopic (exact) mass is 364 g/mol. The highest BCUT2D eigenvalue weighted by Crippen LogP contribution is 2.36. The normalized spacial score (nSPS) is 17.8. The number of benzene rings is 1. The molecule has 1 aliphatic heterocycles. The molecule has 25 heavy (non-hydrogen) atoms. The number of H-pyrrole nitrogens is 1. The van der Waals surface area contributed by atoms with Crippen LogP contribution < -0.4 is 20.3 Å².